The number of esters is 1. The monoisotopic (exact) mass is 281 g/mol. The van der Waals surface area contributed by atoms with Crippen LogP contribution in [0.2, 0.25) is 0 Å². The first-order valence-electron chi connectivity index (χ1n) is 6.47. The summed E-state index contributed by atoms with van der Waals surface area (Å²) in [5, 5.41) is 0. The fourth-order valence-corrected chi connectivity index (χ4v) is 1.98. The molecule has 21 heavy (non-hydrogen) atoms. The third-order valence-electron chi connectivity index (χ3n) is 3.11. The highest BCUT2D eigenvalue weighted by Gasteiger charge is 2.25. The average molecular weight is 281 g/mol. The molecule has 0 aliphatic carbocycles. The standard InChI is InChI=1S/C17H12FNO2/c1-11-6-8-12(9-7-11)10-15-17(20)21-16(19-15)13-4-2-3-5-14(13)18/h2-10H,1H3/b15-10-. The summed E-state index contributed by atoms with van der Waals surface area (Å²) >= 11 is 0. The maximum atomic E-state index is 13.7. The number of carbonyl (C=O) groups excluding carboxylic acids is 1. The normalized spacial score (nSPS) is 16.0. The molecule has 0 spiro atoms. The number of carbonyl (C=O) groups is 1. The molecule has 1 aliphatic heterocycles. The second-order valence-corrected chi connectivity index (χ2v) is 4.73. The Hall–Kier alpha value is -2.75. The number of aryl methyl sites for hydroxylation is 1. The fraction of sp³-hybridized carbons (Fsp3) is 0.0588. The van der Waals surface area contributed by atoms with Crippen LogP contribution in [-0.4, -0.2) is 11.9 Å². The van der Waals surface area contributed by atoms with Crippen LogP contribution in [0.4, 0.5) is 4.39 Å². The molecule has 104 valence electrons. The second-order valence-electron chi connectivity index (χ2n) is 4.73. The molecule has 2 aromatic carbocycles. The lowest BCUT2D eigenvalue weighted by molar-refractivity contribution is -0.129. The fourth-order valence-electron chi connectivity index (χ4n) is 1.98. The highest BCUT2D eigenvalue weighted by Crippen LogP contribution is 2.20. The van der Waals surface area contributed by atoms with E-state index in [-0.39, 0.29) is 17.2 Å². The van der Waals surface area contributed by atoms with Crippen LogP contribution in [0, 0.1) is 12.7 Å². The minimum absolute atomic E-state index is 0.00328. The number of rotatable bonds is 2. The molecule has 3 rings (SSSR count). The maximum Gasteiger partial charge on any atom is 0.363 e. The van der Waals surface area contributed by atoms with Crippen molar-refractivity contribution in [3.63, 3.8) is 0 Å². The van der Waals surface area contributed by atoms with Gasteiger partial charge in [0.05, 0.1) is 5.56 Å². The minimum atomic E-state index is -0.575. The Morgan fingerprint density at radius 2 is 1.81 bits per heavy atom. The maximum absolute atomic E-state index is 13.7. The van der Waals surface area contributed by atoms with E-state index in [1.54, 1.807) is 18.2 Å². The predicted molar refractivity (Wildman–Crippen MR) is 78.2 cm³/mol. The number of halogens is 1. The SMILES string of the molecule is Cc1ccc(/C=C2\N=C(c3ccccc3F)OC2=O)cc1. The largest absolute Gasteiger partial charge is 0.402 e. The summed E-state index contributed by atoms with van der Waals surface area (Å²) in [4.78, 5) is 15.9. The molecule has 0 radical (unpaired) electrons. The van der Waals surface area contributed by atoms with E-state index in [1.165, 1.54) is 12.1 Å². The molecule has 0 aromatic heterocycles. The molecule has 0 atom stereocenters. The van der Waals surface area contributed by atoms with Gasteiger partial charge in [-0.1, -0.05) is 42.0 Å². The molecule has 0 N–H and O–H groups in total. The molecule has 0 saturated heterocycles. The van der Waals surface area contributed by atoms with Crippen LogP contribution in [0.15, 0.2) is 59.2 Å². The van der Waals surface area contributed by atoms with Gasteiger partial charge < -0.3 is 4.74 Å². The van der Waals surface area contributed by atoms with E-state index in [1.807, 2.05) is 31.2 Å². The number of ether oxygens (including phenoxy) is 1. The molecule has 0 fully saturated rings. The minimum Gasteiger partial charge on any atom is -0.402 e. The van der Waals surface area contributed by atoms with Gasteiger partial charge in [0.2, 0.25) is 5.90 Å². The van der Waals surface area contributed by atoms with E-state index >= 15 is 0 Å². The van der Waals surface area contributed by atoms with E-state index in [4.69, 9.17) is 4.74 Å². The van der Waals surface area contributed by atoms with Crippen LogP contribution in [0.3, 0.4) is 0 Å². The van der Waals surface area contributed by atoms with E-state index in [9.17, 15) is 9.18 Å². The Balaban J connectivity index is 1.96. The predicted octanol–water partition coefficient (Wildman–Crippen LogP) is 3.48. The number of hydrogen-bond donors (Lipinski definition) is 0. The van der Waals surface area contributed by atoms with E-state index in [0.29, 0.717) is 0 Å². The smallest absolute Gasteiger partial charge is 0.363 e. The van der Waals surface area contributed by atoms with E-state index in [0.717, 1.165) is 11.1 Å². The first-order valence-corrected chi connectivity index (χ1v) is 6.47. The zero-order chi connectivity index (χ0) is 14.8. The summed E-state index contributed by atoms with van der Waals surface area (Å²) in [5.41, 5.74) is 2.31. The Labute approximate surface area is 121 Å². The van der Waals surface area contributed by atoms with Gasteiger partial charge in [0, 0.05) is 0 Å². The topological polar surface area (TPSA) is 38.7 Å². The Morgan fingerprint density at radius 1 is 1.10 bits per heavy atom. The molecular formula is C17H12FNO2. The average Bonchev–Trinajstić information content (AvgIpc) is 2.83. The Morgan fingerprint density at radius 3 is 2.52 bits per heavy atom. The molecule has 0 bridgehead atoms. The van der Waals surface area contributed by atoms with Crippen molar-refractivity contribution in [2.24, 2.45) is 4.99 Å². The zero-order valence-corrected chi connectivity index (χ0v) is 11.3. The van der Waals surface area contributed by atoms with Crippen LogP contribution in [0.25, 0.3) is 6.08 Å². The third kappa shape index (κ3) is 2.74. The van der Waals surface area contributed by atoms with Crippen molar-refractivity contribution in [2.75, 3.05) is 0 Å². The first kappa shape index (κ1) is 13.2. The number of hydrogen-bond acceptors (Lipinski definition) is 3. The lowest BCUT2D eigenvalue weighted by Crippen LogP contribution is -2.07. The van der Waals surface area contributed by atoms with Crippen molar-refractivity contribution in [1.29, 1.82) is 0 Å². The van der Waals surface area contributed by atoms with Crippen LogP contribution >= 0.6 is 0 Å². The summed E-state index contributed by atoms with van der Waals surface area (Å²) in [7, 11) is 0. The highest BCUT2D eigenvalue weighted by atomic mass is 19.1. The van der Waals surface area contributed by atoms with Gasteiger partial charge in [-0.15, -0.1) is 0 Å². The summed E-state index contributed by atoms with van der Waals surface area (Å²) < 4.78 is 18.7. The highest BCUT2D eigenvalue weighted by molar-refractivity contribution is 6.12. The van der Waals surface area contributed by atoms with Crippen LogP contribution in [0.1, 0.15) is 16.7 Å². The summed E-state index contributed by atoms with van der Waals surface area (Å²) in [6.45, 7) is 1.98. The van der Waals surface area contributed by atoms with Gasteiger partial charge in [0.15, 0.2) is 5.70 Å². The van der Waals surface area contributed by atoms with Gasteiger partial charge in [-0.25, -0.2) is 14.2 Å². The second kappa shape index (κ2) is 5.32. The van der Waals surface area contributed by atoms with Crippen LogP contribution < -0.4 is 0 Å². The van der Waals surface area contributed by atoms with Crippen LogP contribution in [-0.2, 0) is 9.53 Å². The van der Waals surface area contributed by atoms with E-state index in [2.05, 4.69) is 4.99 Å². The Bertz CT molecular complexity index is 761. The molecule has 0 amide bonds. The van der Waals surface area contributed by atoms with Crippen molar-refractivity contribution < 1.29 is 13.9 Å². The van der Waals surface area contributed by atoms with Gasteiger partial charge in [-0.3, -0.25) is 0 Å². The molecule has 0 unspecified atom stereocenters. The zero-order valence-electron chi connectivity index (χ0n) is 11.3. The van der Waals surface area contributed by atoms with Gasteiger partial charge in [-0.2, -0.15) is 0 Å². The van der Waals surface area contributed by atoms with Crippen LogP contribution in [0.5, 0.6) is 0 Å². The molecule has 1 heterocycles. The number of cyclic esters (lactones) is 1. The van der Waals surface area contributed by atoms with Gasteiger partial charge in [0.1, 0.15) is 5.82 Å². The molecule has 2 aromatic rings. The van der Waals surface area contributed by atoms with E-state index < -0.39 is 11.8 Å². The number of nitrogens with zero attached hydrogens (tertiary/aromatic N) is 1. The number of benzene rings is 2. The van der Waals surface area contributed by atoms with Crippen molar-refractivity contribution in [1.82, 2.24) is 0 Å². The lowest BCUT2D eigenvalue weighted by atomic mass is 10.1. The Kier molecular flexibility index (Phi) is 3.36. The molecule has 1 aliphatic rings. The number of aliphatic imine (C=N–C) groups is 1. The lowest BCUT2D eigenvalue weighted by Gasteiger charge is -1.99. The third-order valence-corrected chi connectivity index (χ3v) is 3.11. The van der Waals surface area contributed by atoms with Crippen molar-refractivity contribution in [3.8, 4) is 0 Å². The summed E-state index contributed by atoms with van der Waals surface area (Å²) in [5.74, 6) is -1.05. The van der Waals surface area contributed by atoms with Gasteiger partial charge in [-0.05, 0) is 30.7 Å². The van der Waals surface area contributed by atoms with Crippen molar-refractivity contribution >= 4 is 17.9 Å². The van der Waals surface area contributed by atoms with Crippen molar-refractivity contribution in [3.05, 3.63) is 76.7 Å². The van der Waals surface area contributed by atoms with Crippen molar-refractivity contribution in [2.45, 2.75) is 6.92 Å². The molecule has 3 nitrogen and oxygen atoms in total. The molecular weight excluding hydrogens is 269 g/mol. The van der Waals surface area contributed by atoms with Gasteiger partial charge >= 0.3 is 5.97 Å². The molecule has 0 saturated carbocycles. The summed E-state index contributed by atoms with van der Waals surface area (Å²) in [6, 6.07) is 13.7. The summed E-state index contributed by atoms with van der Waals surface area (Å²) in [6.07, 6.45) is 1.62. The van der Waals surface area contributed by atoms with Gasteiger partial charge in [0.25, 0.3) is 0 Å². The first-order chi connectivity index (χ1) is 10.1. The molecule has 4 heteroatoms. The quantitative estimate of drug-likeness (QED) is 0.624.